The van der Waals surface area contributed by atoms with Gasteiger partial charge in [0.05, 0.1) is 0 Å². The monoisotopic (exact) mass is 295 g/mol. The lowest BCUT2D eigenvalue weighted by atomic mass is 9.88. The minimum absolute atomic E-state index is 0.0990. The number of likely N-dealkylation sites (tertiary alicyclic amines) is 1. The highest BCUT2D eigenvalue weighted by molar-refractivity contribution is 7.10. The van der Waals surface area contributed by atoms with Gasteiger partial charge < -0.3 is 14.7 Å². The molecule has 2 aliphatic rings. The van der Waals surface area contributed by atoms with E-state index in [0.29, 0.717) is 13.0 Å². The molecule has 0 spiro atoms. The van der Waals surface area contributed by atoms with Crippen molar-refractivity contribution in [1.29, 1.82) is 0 Å². The van der Waals surface area contributed by atoms with E-state index >= 15 is 0 Å². The Kier molecular flexibility index (Phi) is 3.10. The summed E-state index contributed by atoms with van der Waals surface area (Å²) in [4.78, 5) is 15.0. The molecule has 1 aliphatic heterocycles. The lowest BCUT2D eigenvalue weighted by Crippen LogP contribution is -2.47. The Labute approximate surface area is 123 Å². The first-order valence-electron chi connectivity index (χ1n) is 7.05. The SMILES string of the molecule is CC(C)(C)OC(=O)N1CC2CC1CC2(O)c1cccs1. The maximum Gasteiger partial charge on any atom is 0.410 e. The highest BCUT2D eigenvalue weighted by atomic mass is 32.1. The first kappa shape index (κ1) is 13.9. The molecule has 0 radical (unpaired) electrons. The number of piperidine rings is 1. The van der Waals surface area contributed by atoms with Crippen molar-refractivity contribution >= 4 is 17.4 Å². The van der Waals surface area contributed by atoms with Crippen molar-refractivity contribution in [3.8, 4) is 0 Å². The minimum Gasteiger partial charge on any atom is -0.444 e. The average Bonchev–Trinajstić information content (AvgIpc) is 3.01. The first-order valence-corrected chi connectivity index (χ1v) is 7.93. The Morgan fingerprint density at radius 2 is 2.30 bits per heavy atom. The predicted molar refractivity (Wildman–Crippen MR) is 77.7 cm³/mol. The Morgan fingerprint density at radius 3 is 2.80 bits per heavy atom. The number of ether oxygens (including phenoxy) is 1. The van der Waals surface area contributed by atoms with Crippen LogP contribution in [0.15, 0.2) is 17.5 Å². The lowest BCUT2D eigenvalue weighted by Gasteiger charge is -2.37. The van der Waals surface area contributed by atoms with E-state index in [0.717, 1.165) is 11.3 Å². The number of fused-ring (bicyclic) bond motifs is 2. The molecule has 3 atom stereocenters. The summed E-state index contributed by atoms with van der Waals surface area (Å²) in [6.45, 7) is 6.22. The van der Waals surface area contributed by atoms with E-state index in [-0.39, 0.29) is 18.1 Å². The van der Waals surface area contributed by atoms with Crippen LogP contribution in [0.3, 0.4) is 0 Å². The third kappa shape index (κ3) is 2.23. The molecule has 1 aromatic rings. The van der Waals surface area contributed by atoms with E-state index in [4.69, 9.17) is 4.74 Å². The van der Waals surface area contributed by atoms with Crippen LogP contribution in [0.4, 0.5) is 4.79 Å². The highest BCUT2D eigenvalue weighted by Crippen LogP contribution is 2.51. The normalized spacial score (nSPS) is 32.7. The van der Waals surface area contributed by atoms with Gasteiger partial charge in [-0.25, -0.2) is 4.79 Å². The van der Waals surface area contributed by atoms with Gasteiger partial charge in [-0.15, -0.1) is 11.3 Å². The van der Waals surface area contributed by atoms with Gasteiger partial charge in [0, 0.05) is 29.8 Å². The lowest BCUT2D eigenvalue weighted by molar-refractivity contribution is -0.0415. The van der Waals surface area contributed by atoms with E-state index in [9.17, 15) is 9.90 Å². The molecule has 1 amide bonds. The number of amides is 1. The van der Waals surface area contributed by atoms with Crippen LogP contribution in [-0.2, 0) is 10.3 Å². The van der Waals surface area contributed by atoms with Gasteiger partial charge in [0.25, 0.3) is 0 Å². The topological polar surface area (TPSA) is 49.8 Å². The van der Waals surface area contributed by atoms with Crippen molar-refractivity contribution in [2.45, 2.75) is 50.9 Å². The fraction of sp³-hybridized carbons (Fsp3) is 0.667. The fourth-order valence-electron chi connectivity index (χ4n) is 3.35. The van der Waals surface area contributed by atoms with Crippen LogP contribution in [-0.4, -0.2) is 34.3 Å². The third-order valence-electron chi connectivity index (χ3n) is 4.21. The molecule has 3 rings (SSSR count). The van der Waals surface area contributed by atoms with Gasteiger partial charge in [-0.3, -0.25) is 0 Å². The molecule has 1 saturated heterocycles. The zero-order chi connectivity index (χ0) is 14.5. The van der Waals surface area contributed by atoms with Gasteiger partial charge in [-0.1, -0.05) is 6.07 Å². The van der Waals surface area contributed by atoms with Crippen LogP contribution in [0.5, 0.6) is 0 Å². The van der Waals surface area contributed by atoms with E-state index in [1.165, 1.54) is 0 Å². The highest BCUT2D eigenvalue weighted by Gasteiger charge is 2.56. The molecule has 2 bridgehead atoms. The fourth-order valence-corrected chi connectivity index (χ4v) is 4.27. The number of hydrogen-bond donors (Lipinski definition) is 1. The molecule has 20 heavy (non-hydrogen) atoms. The number of carbonyl (C=O) groups excluding carboxylic acids is 1. The number of thiophene rings is 1. The molecule has 1 aromatic heterocycles. The second kappa shape index (κ2) is 4.46. The van der Waals surface area contributed by atoms with Crippen molar-refractivity contribution in [3.63, 3.8) is 0 Å². The molecule has 2 fully saturated rings. The summed E-state index contributed by atoms with van der Waals surface area (Å²) < 4.78 is 5.44. The largest absolute Gasteiger partial charge is 0.444 e. The quantitative estimate of drug-likeness (QED) is 0.866. The molecule has 1 N–H and O–H groups in total. The second-order valence-electron chi connectivity index (χ2n) is 6.82. The number of nitrogens with zero attached hydrogens (tertiary/aromatic N) is 1. The Balaban J connectivity index is 1.72. The van der Waals surface area contributed by atoms with Crippen LogP contribution < -0.4 is 0 Å². The molecule has 4 nitrogen and oxygen atoms in total. The van der Waals surface area contributed by atoms with Gasteiger partial charge in [0.2, 0.25) is 0 Å². The molecule has 110 valence electrons. The molecular formula is C15H21NO3S. The number of aliphatic hydroxyl groups is 1. The Hall–Kier alpha value is -1.07. The van der Waals surface area contributed by atoms with Crippen molar-refractivity contribution in [3.05, 3.63) is 22.4 Å². The standard InChI is InChI=1S/C15H21NO3S/c1-14(2,3)19-13(17)16-9-10-7-11(16)8-15(10,18)12-5-4-6-20-12/h4-6,10-11,18H,7-9H2,1-3H3. The van der Waals surface area contributed by atoms with E-state index in [2.05, 4.69) is 0 Å². The summed E-state index contributed by atoms with van der Waals surface area (Å²) in [5.41, 5.74) is -1.22. The zero-order valence-electron chi connectivity index (χ0n) is 12.1. The molecule has 1 saturated carbocycles. The predicted octanol–water partition coefficient (Wildman–Crippen LogP) is 2.97. The minimum atomic E-state index is -0.753. The Morgan fingerprint density at radius 1 is 1.55 bits per heavy atom. The molecule has 3 unspecified atom stereocenters. The average molecular weight is 295 g/mol. The van der Waals surface area contributed by atoms with Gasteiger partial charge >= 0.3 is 6.09 Å². The molecular weight excluding hydrogens is 274 g/mol. The number of carbonyl (C=O) groups is 1. The summed E-state index contributed by atoms with van der Waals surface area (Å²) in [5, 5.41) is 12.9. The summed E-state index contributed by atoms with van der Waals surface area (Å²) in [6.07, 6.45) is 1.24. The molecule has 1 aliphatic carbocycles. The molecule has 5 heteroatoms. The van der Waals surface area contributed by atoms with Crippen molar-refractivity contribution in [2.75, 3.05) is 6.54 Å². The molecule has 2 heterocycles. The summed E-state index contributed by atoms with van der Waals surface area (Å²) in [5.74, 6) is 0.124. The van der Waals surface area contributed by atoms with Crippen molar-refractivity contribution < 1.29 is 14.6 Å². The van der Waals surface area contributed by atoms with Gasteiger partial charge in [-0.05, 0) is 38.6 Å². The van der Waals surface area contributed by atoms with Crippen LogP contribution in [0.2, 0.25) is 0 Å². The summed E-state index contributed by atoms with van der Waals surface area (Å²) in [7, 11) is 0. The van der Waals surface area contributed by atoms with Crippen LogP contribution in [0, 0.1) is 5.92 Å². The van der Waals surface area contributed by atoms with Gasteiger partial charge in [0.1, 0.15) is 11.2 Å². The molecule has 0 aromatic carbocycles. The van der Waals surface area contributed by atoms with E-state index in [1.54, 1.807) is 16.2 Å². The number of rotatable bonds is 1. The van der Waals surface area contributed by atoms with Crippen LogP contribution in [0.25, 0.3) is 0 Å². The maximum atomic E-state index is 12.2. The smallest absolute Gasteiger partial charge is 0.410 e. The maximum absolute atomic E-state index is 12.2. The summed E-state index contributed by atoms with van der Waals surface area (Å²) >= 11 is 1.59. The number of hydrogen-bond acceptors (Lipinski definition) is 4. The van der Waals surface area contributed by atoms with E-state index < -0.39 is 11.2 Å². The van der Waals surface area contributed by atoms with E-state index in [1.807, 2.05) is 38.3 Å². The van der Waals surface area contributed by atoms with Gasteiger partial charge in [-0.2, -0.15) is 0 Å². The van der Waals surface area contributed by atoms with Crippen molar-refractivity contribution in [2.24, 2.45) is 5.92 Å². The third-order valence-corrected chi connectivity index (χ3v) is 5.25. The summed E-state index contributed by atoms with van der Waals surface area (Å²) in [6, 6.07) is 4.06. The zero-order valence-corrected chi connectivity index (χ0v) is 12.9. The first-order chi connectivity index (χ1) is 9.29. The Bertz CT molecular complexity index is 508. The van der Waals surface area contributed by atoms with Gasteiger partial charge in [0.15, 0.2) is 0 Å². The second-order valence-corrected chi connectivity index (χ2v) is 7.77. The van der Waals surface area contributed by atoms with Crippen LogP contribution in [0.1, 0.15) is 38.5 Å². The van der Waals surface area contributed by atoms with Crippen LogP contribution >= 0.6 is 11.3 Å². The van der Waals surface area contributed by atoms with Crippen molar-refractivity contribution in [1.82, 2.24) is 4.90 Å².